The minimum absolute atomic E-state index is 0.0230. The molecule has 0 saturated heterocycles. The summed E-state index contributed by atoms with van der Waals surface area (Å²) in [6, 6.07) is 6.25. The van der Waals surface area contributed by atoms with E-state index in [1.165, 1.54) is 0 Å². The second-order valence-electron chi connectivity index (χ2n) is 10.3. The molecule has 182 valence electrons. The zero-order valence-corrected chi connectivity index (χ0v) is 20.8. The molecule has 9 nitrogen and oxygen atoms in total. The molecule has 1 aromatic heterocycles. The van der Waals surface area contributed by atoms with E-state index >= 15 is 0 Å². The van der Waals surface area contributed by atoms with Gasteiger partial charge in [0.25, 0.3) is 11.1 Å². The van der Waals surface area contributed by atoms with Gasteiger partial charge >= 0.3 is 11.9 Å². The van der Waals surface area contributed by atoms with Gasteiger partial charge in [0.05, 0.1) is 0 Å². The fourth-order valence-electron chi connectivity index (χ4n) is 3.69. The predicted octanol–water partition coefficient (Wildman–Crippen LogP) is 3.15. The molecule has 1 N–H and O–H groups in total. The molecule has 9 heteroatoms. The number of nitrogens with zero attached hydrogens (tertiary/aromatic N) is 2. The van der Waals surface area contributed by atoms with E-state index < -0.39 is 40.3 Å². The van der Waals surface area contributed by atoms with Gasteiger partial charge in [-0.05, 0) is 66.5 Å². The zero-order valence-electron chi connectivity index (χ0n) is 20.8. The van der Waals surface area contributed by atoms with Crippen molar-refractivity contribution < 1.29 is 19.1 Å². The van der Waals surface area contributed by atoms with Gasteiger partial charge in [-0.1, -0.05) is 18.2 Å². The largest absolute Gasteiger partial charge is 0.458 e. The van der Waals surface area contributed by atoms with Crippen molar-refractivity contribution in [3.8, 4) is 0 Å². The molecule has 1 atom stereocenters. The number of benzene rings is 1. The van der Waals surface area contributed by atoms with Crippen LogP contribution in [0, 0.1) is 13.8 Å². The first-order chi connectivity index (χ1) is 15.6. The summed E-state index contributed by atoms with van der Waals surface area (Å²) in [6.07, 6.45) is 0. The molecule has 3 rings (SSSR count). The summed E-state index contributed by atoms with van der Waals surface area (Å²) in [5.41, 5.74) is -0.894. The van der Waals surface area contributed by atoms with Crippen LogP contribution >= 0.6 is 0 Å². The van der Waals surface area contributed by atoms with Gasteiger partial charge in [-0.2, -0.15) is 4.68 Å². The molecular formula is C25H31N3O6. The molecule has 1 unspecified atom stereocenters. The van der Waals surface area contributed by atoms with Gasteiger partial charge in [0.2, 0.25) is 0 Å². The number of aromatic nitrogens is 2. The summed E-state index contributed by atoms with van der Waals surface area (Å²) in [7, 11) is 0. The summed E-state index contributed by atoms with van der Waals surface area (Å²) in [6.45, 7) is 13.8. The molecule has 0 saturated carbocycles. The molecule has 1 aliphatic rings. The maximum Gasteiger partial charge on any atom is 0.341 e. The second kappa shape index (κ2) is 8.62. The van der Waals surface area contributed by atoms with Crippen LogP contribution in [0.1, 0.15) is 58.7 Å². The Balaban J connectivity index is 2.35. The highest BCUT2D eigenvalue weighted by Crippen LogP contribution is 2.35. The number of para-hydroxylation sites is 1. The van der Waals surface area contributed by atoms with Crippen molar-refractivity contribution in [1.82, 2.24) is 9.36 Å². The maximum atomic E-state index is 13.4. The van der Waals surface area contributed by atoms with Gasteiger partial charge in [0.15, 0.2) is 6.04 Å². The SMILES string of the molecule is Cc1cccc(C)c1NC1=C(C(=O)OC(C)(C)C)C(C(=O)OC(C)(C)C)n2c(=O)ccc(=O)n21. The third kappa shape index (κ3) is 4.98. The number of ether oxygens (including phenoxy) is 2. The smallest absolute Gasteiger partial charge is 0.341 e. The zero-order chi connectivity index (χ0) is 25.6. The number of esters is 2. The van der Waals surface area contributed by atoms with Crippen LogP contribution in [-0.2, 0) is 19.1 Å². The van der Waals surface area contributed by atoms with Gasteiger partial charge in [-0.3, -0.25) is 9.59 Å². The van der Waals surface area contributed by atoms with Crippen molar-refractivity contribution in [3.63, 3.8) is 0 Å². The first-order valence-corrected chi connectivity index (χ1v) is 11.0. The van der Waals surface area contributed by atoms with Crippen molar-refractivity contribution in [2.75, 3.05) is 5.32 Å². The van der Waals surface area contributed by atoms with Crippen molar-refractivity contribution in [1.29, 1.82) is 0 Å². The van der Waals surface area contributed by atoms with Crippen LogP contribution in [0.2, 0.25) is 0 Å². The van der Waals surface area contributed by atoms with Crippen LogP contribution < -0.4 is 16.4 Å². The van der Waals surface area contributed by atoms with E-state index in [-0.39, 0.29) is 11.4 Å². The Morgan fingerprint density at radius 3 is 1.91 bits per heavy atom. The van der Waals surface area contributed by atoms with Crippen molar-refractivity contribution in [3.05, 3.63) is 67.7 Å². The van der Waals surface area contributed by atoms with E-state index in [4.69, 9.17) is 9.47 Å². The second-order valence-corrected chi connectivity index (χ2v) is 10.3. The molecule has 0 amide bonds. The molecule has 0 fully saturated rings. The highest BCUT2D eigenvalue weighted by molar-refractivity contribution is 6.04. The molecule has 2 aromatic rings. The monoisotopic (exact) mass is 469 g/mol. The van der Waals surface area contributed by atoms with Crippen molar-refractivity contribution in [2.24, 2.45) is 0 Å². The fourth-order valence-corrected chi connectivity index (χ4v) is 3.69. The topological polar surface area (TPSA) is 109 Å². The van der Waals surface area contributed by atoms with Crippen LogP contribution in [0.25, 0.3) is 5.82 Å². The first kappa shape index (κ1) is 25.0. The lowest BCUT2D eigenvalue weighted by Gasteiger charge is -2.25. The highest BCUT2D eigenvalue weighted by Gasteiger charge is 2.45. The van der Waals surface area contributed by atoms with Crippen LogP contribution in [0.5, 0.6) is 0 Å². The highest BCUT2D eigenvalue weighted by atomic mass is 16.6. The summed E-state index contributed by atoms with van der Waals surface area (Å²) in [4.78, 5) is 52.7. The van der Waals surface area contributed by atoms with E-state index in [9.17, 15) is 19.2 Å². The van der Waals surface area contributed by atoms with Gasteiger partial charge in [-0.15, -0.1) is 0 Å². The van der Waals surface area contributed by atoms with Gasteiger partial charge < -0.3 is 14.8 Å². The molecule has 0 aliphatic carbocycles. The average molecular weight is 470 g/mol. The van der Waals surface area contributed by atoms with E-state index in [2.05, 4.69) is 5.32 Å². The number of hydrogen-bond donors (Lipinski definition) is 1. The summed E-state index contributed by atoms with van der Waals surface area (Å²) >= 11 is 0. The molecule has 2 heterocycles. The van der Waals surface area contributed by atoms with Crippen molar-refractivity contribution in [2.45, 2.75) is 72.6 Å². The number of anilines is 1. The maximum absolute atomic E-state index is 13.4. The van der Waals surface area contributed by atoms with Crippen LogP contribution in [-0.4, -0.2) is 32.5 Å². The lowest BCUT2D eigenvalue weighted by molar-refractivity contribution is -0.161. The number of carbonyl (C=O) groups excluding carboxylic acids is 2. The van der Waals surface area contributed by atoms with Gasteiger partial charge in [0, 0.05) is 17.8 Å². The summed E-state index contributed by atoms with van der Waals surface area (Å²) in [5.74, 6) is -1.72. The number of carbonyl (C=O) groups is 2. The quantitative estimate of drug-likeness (QED) is 0.685. The Morgan fingerprint density at radius 1 is 0.853 bits per heavy atom. The minimum Gasteiger partial charge on any atom is -0.458 e. The molecule has 0 bridgehead atoms. The van der Waals surface area contributed by atoms with E-state index in [0.29, 0.717) is 5.69 Å². The fraction of sp³-hybridized carbons (Fsp3) is 0.440. The van der Waals surface area contributed by atoms with Crippen LogP contribution in [0.3, 0.4) is 0 Å². The number of rotatable bonds is 4. The van der Waals surface area contributed by atoms with E-state index in [1.54, 1.807) is 41.5 Å². The van der Waals surface area contributed by atoms with E-state index in [1.807, 2.05) is 32.0 Å². The Hall–Kier alpha value is -3.62. The minimum atomic E-state index is -1.51. The lowest BCUT2D eigenvalue weighted by atomic mass is 10.1. The molecule has 1 aliphatic heterocycles. The lowest BCUT2D eigenvalue weighted by Crippen LogP contribution is -2.41. The molecule has 34 heavy (non-hydrogen) atoms. The average Bonchev–Trinajstić information content (AvgIpc) is 3.01. The molecule has 0 spiro atoms. The third-order valence-electron chi connectivity index (χ3n) is 4.98. The Morgan fingerprint density at radius 2 is 1.38 bits per heavy atom. The van der Waals surface area contributed by atoms with Crippen molar-refractivity contribution >= 4 is 23.4 Å². The molecule has 1 aromatic carbocycles. The van der Waals surface area contributed by atoms with Gasteiger partial charge in [0.1, 0.15) is 22.6 Å². The number of fused-ring (bicyclic) bond motifs is 1. The van der Waals surface area contributed by atoms with Crippen LogP contribution in [0.4, 0.5) is 5.69 Å². The Bertz CT molecular complexity index is 1280. The Labute approximate surface area is 198 Å². The van der Waals surface area contributed by atoms with Crippen LogP contribution in [0.15, 0.2) is 45.5 Å². The van der Waals surface area contributed by atoms with E-state index in [0.717, 1.165) is 32.6 Å². The molecular weight excluding hydrogens is 438 g/mol. The molecule has 0 radical (unpaired) electrons. The normalized spacial score (nSPS) is 15.7. The number of aryl methyl sites for hydroxylation is 2. The number of hydrogen-bond acceptors (Lipinski definition) is 7. The van der Waals surface area contributed by atoms with Gasteiger partial charge in [-0.25, -0.2) is 14.3 Å². The summed E-state index contributed by atoms with van der Waals surface area (Å²) < 4.78 is 13.1. The summed E-state index contributed by atoms with van der Waals surface area (Å²) in [5, 5.41) is 3.14. The standard InChI is InChI=1S/C25H31N3O6/c1-14-10-9-11-15(2)19(14)26-21-18(22(31)33-24(3,4)5)20(23(32)34-25(6,7)8)27-16(29)12-13-17(30)28(21)27/h9-13,20,26H,1-8H3. The third-order valence-corrected chi connectivity index (χ3v) is 4.98. The Kier molecular flexibility index (Phi) is 6.34. The first-order valence-electron chi connectivity index (χ1n) is 11.0. The number of nitrogens with one attached hydrogen (secondary N) is 1. The predicted molar refractivity (Wildman–Crippen MR) is 128 cm³/mol.